The van der Waals surface area contributed by atoms with Crippen LogP contribution in [0.4, 0.5) is 0 Å². The lowest BCUT2D eigenvalue weighted by molar-refractivity contribution is -0.158. The van der Waals surface area contributed by atoms with Gasteiger partial charge in [0, 0.05) is 10.0 Å². The lowest BCUT2D eigenvalue weighted by Gasteiger charge is -2.19. The van der Waals surface area contributed by atoms with Crippen molar-refractivity contribution in [1.29, 1.82) is 0 Å². The van der Waals surface area contributed by atoms with Gasteiger partial charge in [-0.05, 0) is 61.4 Å². The fraction of sp³-hybridized carbons (Fsp3) is 0.188. The smallest absolute Gasteiger partial charge is 0.387 e. The van der Waals surface area contributed by atoms with Crippen LogP contribution in [0.15, 0.2) is 36.4 Å². The molecule has 0 bridgehead atoms. The van der Waals surface area contributed by atoms with Gasteiger partial charge in [0.2, 0.25) is 0 Å². The Morgan fingerprint density at radius 2 is 1.36 bits per heavy atom. The molecule has 2 rings (SSSR count). The molecule has 0 aromatic heterocycles. The third-order valence-corrected chi connectivity index (χ3v) is 3.41. The van der Waals surface area contributed by atoms with E-state index >= 15 is 0 Å². The molecule has 2 aromatic carbocycles. The van der Waals surface area contributed by atoms with Crippen molar-refractivity contribution in [2.75, 3.05) is 0 Å². The molecule has 0 fully saturated rings. The Hall–Kier alpha value is -1.91. The van der Waals surface area contributed by atoms with Gasteiger partial charge in [-0.2, -0.15) is 0 Å². The van der Waals surface area contributed by atoms with Crippen LogP contribution in [-0.4, -0.2) is 17.4 Å². The zero-order valence-corrected chi connectivity index (χ0v) is 13.5. The Bertz CT molecular complexity index is 647. The number of aryl methyl sites for hydroxylation is 2. The van der Waals surface area contributed by atoms with Crippen LogP contribution in [0.3, 0.4) is 0 Å². The van der Waals surface area contributed by atoms with Gasteiger partial charge < -0.3 is 14.6 Å². The van der Waals surface area contributed by atoms with Crippen LogP contribution in [0, 0.1) is 13.8 Å². The molecule has 0 atom stereocenters. The maximum Gasteiger partial charge on any atom is 0.387 e. The number of benzene rings is 2. The van der Waals surface area contributed by atoms with Crippen LogP contribution < -0.4 is 9.47 Å². The van der Waals surface area contributed by atoms with E-state index in [1.807, 2.05) is 0 Å². The van der Waals surface area contributed by atoms with Crippen molar-refractivity contribution in [3.05, 3.63) is 57.6 Å². The highest BCUT2D eigenvalue weighted by molar-refractivity contribution is 6.31. The highest BCUT2D eigenvalue weighted by Crippen LogP contribution is 2.26. The van der Waals surface area contributed by atoms with Crippen LogP contribution in [0.5, 0.6) is 11.5 Å². The van der Waals surface area contributed by atoms with Crippen molar-refractivity contribution in [3.63, 3.8) is 0 Å². The second-order valence-corrected chi connectivity index (χ2v) is 5.60. The molecular weight excluding hydrogens is 327 g/mol. The van der Waals surface area contributed by atoms with E-state index in [-0.39, 0.29) is 0 Å². The first-order valence-corrected chi connectivity index (χ1v) is 7.21. The number of halogens is 2. The van der Waals surface area contributed by atoms with Gasteiger partial charge in [0.05, 0.1) is 0 Å². The minimum absolute atomic E-state index is 0.392. The lowest BCUT2D eigenvalue weighted by atomic mass is 10.2. The van der Waals surface area contributed by atoms with Crippen molar-refractivity contribution in [3.8, 4) is 11.5 Å². The van der Waals surface area contributed by atoms with E-state index in [0.29, 0.717) is 21.5 Å². The summed E-state index contributed by atoms with van der Waals surface area (Å²) < 4.78 is 10.9. The van der Waals surface area contributed by atoms with Crippen LogP contribution in [0.25, 0.3) is 0 Å². The molecule has 116 valence electrons. The predicted octanol–water partition coefficient (Wildman–Crippen LogP) is 4.48. The summed E-state index contributed by atoms with van der Waals surface area (Å²) in [4.78, 5) is 11.4. The van der Waals surface area contributed by atoms with Crippen molar-refractivity contribution in [2.24, 2.45) is 0 Å². The summed E-state index contributed by atoms with van der Waals surface area (Å²) in [5.74, 6) is -0.449. The molecule has 0 saturated heterocycles. The summed E-state index contributed by atoms with van der Waals surface area (Å²) in [6.45, 7) is 3.54. The summed E-state index contributed by atoms with van der Waals surface area (Å²) in [6, 6.07) is 9.82. The van der Waals surface area contributed by atoms with E-state index in [1.165, 1.54) is 0 Å². The molecule has 4 nitrogen and oxygen atoms in total. The molecule has 0 heterocycles. The van der Waals surface area contributed by atoms with Gasteiger partial charge in [0.15, 0.2) is 0 Å². The van der Waals surface area contributed by atoms with E-state index in [0.717, 1.165) is 11.1 Å². The highest BCUT2D eigenvalue weighted by atomic mass is 35.5. The molecule has 0 unspecified atom stereocenters. The standard InChI is InChI=1S/C16H14Cl2O4/c1-9-7-11(17)3-5-13(9)21-16(15(19)20)22-14-6-4-12(18)8-10(14)2/h3-8,16H,1-2H3,(H,19,20). The number of aliphatic carboxylic acids is 1. The number of hydrogen-bond donors (Lipinski definition) is 1. The predicted molar refractivity (Wildman–Crippen MR) is 85.1 cm³/mol. The Labute approximate surface area is 138 Å². The molecule has 0 aliphatic rings. The van der Waals surface area contributed by atoms with E-state index in [1.54, 1.807) is 50.2 Å². The summed E-state index contributed by atoms with van der Waals surface area (Å²) in [5.41, 5.74) is 1.44. The largest absolute Gasteiger partial charge is 0.476 e. The van der Waals surface area contributed by atoms with Gasteiger partial charge >= 0.3 is 12.3 Å². The van der Waals surface area contributed by atoms with Crippen LogP contribution in [0.1, 0.15) is 11.1 Å². The van der Waals surface area contributed by atoms with E-state index in [4.69, 9.17) is 32.7 Å². The first-order chi connectivity index (χ1) is 10.4. The molecular formula is C16H14Cl2O4. The average Bonchev–Trinajstić information content (AvgIpc) is 2.43. The minimum atomic E-state index is -1.47. The molecule has 0 spiro atoms. The third-order valence-electron chi connectivity index (χ3n) is 2.94. The second kappa shape index (κ2) is 6.90. The van der Waals surface area contributed by atoms with Crippen LogP contribution in [-0.2, 0) is 4.79 Å². The Morgan fingerprint density at radius 3 is 1.68 bits per heavy atom. The fourth-order valence-electron chi connectivity index (χ4n) is 1.85. The number of ether oxygens (including phenoxy) is 2. The molecule has 0 aliphatic heterocycles. The van der Waals surface area contributed by atoms with Gasteiger partial charge in [0.1, 0.15) is 11.5 Å². The van der Waals surface area contributed by atoms with Gasteiger partial charge in [-0.25, -0.2) is 4.79 Å². The summed E-state index contributed by atoms with van der Waals surface area (Å²) in [7, 11) is 0. The highest BCUT2D eigenvalue weighted by Gasteiger charge is 2.23. The summed E-state index contributed by atoms with van der Waals surface area (Å²) in [6.07, 6.45) is -1.47. The summed E-state index contributed by atoms with van der Waals surface area (Å²) in [5, 5.41) is 10.4. The van der Waals surface area contributed by atoms with Crippen molar-refractivity contribution >= 4 is 29.2 Å². The molecule has 6 heteroatoms. The van der Waals surface area contributed by atoms with Crippen LogP contribution in [0.2, 0.25) is 10.0 Å². The zero-order chi connectivity index (χ0) is 16.3. The van der Waals surface area contributed by atoms with Crippen LogP contribution >= 0.6 is 23.2 Å². The SMILES string of the molecule is Cc1cc(Cl)ccc1OC(Oc1ccc(Cl)cc1C)C(=O)O. The van der Waals surface area contributed by atoms with E-state index in [2.05, 4.69) is 0 Å². The number of carboxylic acid groups (broad SMARTS) is 1. The Kier molecular flexibility index (Phi) is 5.16. The van der Waals surface area contributed by atoms with E-state index in [9.17, 15) is 9.90 Å². The van der Waals surface area contributed by atoms with Gasteiger partial charge in [-0.1, -0.05) is 23.2 Å². The fourth-order valence-corrected chi connectivity index (χ4v) is 2.30. The molecule has 2 aromatic rings. The van der Waals surface area contributed by atoms with Crippen molar-refractivity contribution < 1.29 is 19.4 Å². The average molecular weight is 341 g/mol. The minimum Gasteiger partial charge on any atom is -0.476 e. The molecule has 22 heavy (non-hydrogen) atoms. The topological polar surface area (TPSA) is 55.8 Å². The number of carboxylic acids is 1. The van der Waals surface area contributed by atoms with Crippen molar-refractivity contribution in [1.82, 2.24) is 0 Å². The quantitative estimate of drug-likeness (QED) is 0.815. The number of hydrogen-bond acceptors (Lipinski definition) is 3. The maximum atomic E-state index is 11.4. The van der Waals surface area contributed by atoms with E-state index < -0.39 is 12.3 Å². The lowest BCUT2D eigenvalue weighted by Crippen LogP contribution is -2.33. The Morgan fingerprint density at radius 1 is 0.955 bits per heavy atom. The first kappa shape index (κ1) is 16.5. The van der Waals surface area contributed by atoms with Gasteiger partial charge in [0.25, 0.3) is 0 Å². The third kappa shape index (κ3) is 4.06. The number of rotatable bonds is 5. The van der Waals surface area contributed by atoms with Gasteiger partial charge in [-0.15, -0.1) is 0 Å². The first-order valence-electron chi connectivity index (χ1n) is 6.45. The molecule has 1 N–H and O–H groups in total. The summed E-state index contributed by atoms with van der Waals surface area (Å²) >= 11 is 11.7. The molecule has 0 aliphatic carbocycles. The maximum absolute atomic E-state index is 11.4. The zero-order valence-electron chi connectivity index (χ0n) is 12.0. The molecule has 0 saturated carbocycles. The molecule has 0 radical (unpaired) electrons. The van der Waals surface area contributed by atoms with Gasteiger partial charge in [-0.3, -0.25) is 0 Å². The normalized spacial score (nSPS) is 10.6. The van der Waals surface area contributed by atoms with Crippen molar-refractivity contribution in [2.45, 2.75) is 20.1 Å². The second-order valence-electron chi connectivity index (χ2n) is 4.73. The molecule has 0 amide bonds. The Balaban J connectivity index is 2.21. The monoisotopic (exact) mass is 340 g/mol. The number of carbonyl (C=O) groups is 1.